The van der Waals surface area contributed by atoms with E-state index in [4.69, 9.17) is 14.2 Å². The number of ether oxygens (including phenoxy) is 3. The van der Waals surface area contributed by atoms with E-state index >= 15 is 0 Å². The topological polar surface area (TPSA) is 73.9 Å². The molecule has 0 aromatic heterocycles. The highest BCUT2D eigenvalue weighted by molar-refractivity contribution is 6.28. The Morgan fingerprint density at radius 2 is 2.11 bits per heavy atom. The van der Waals surface area contributed by atoms with Crippen LogP contribution < -0.4 is 5.32 Å². The van der Waals surface area contributed by atoms with Crippen LogP contribution in [0.2, 0.25) is 0 Å². The minimum absolute atomic E-state index is 0.0127. The van der Waals surface area contributed by atoms with Gasteiger partial charge in [-0.1, -0.05) is 30.2 Å². The Labute approximate surface area is 166 Å². The molecule has 2 aliphatic rings. The monoisotopic (exact) mass is 387 g/mol. The molecule has 1 heterocycles. The van der Waals surface area contributed by atoms with Crippen molar-refractivity contribution in [3.05, 3.63) is 40.8 Å². The van der Waals surface area contributed by atoms with Crippen molar-refractivity contribution in [1.82, 2.24) is 5.32 Å². The van der Waals surface area contributed by atoms with Crippen molar-refractivity contribution < 1.29 is 23.8 Å². The van der Waals surface area contributed by atoms with Crippen molar-refractivity contribution in [3.8, 4) is 0 Å². The normalized spacial score (nSPS) is 24.4. The molecule has 0 amide bonds. The maximum absolute atomic E-state index is 13.7. The van der Waals surface area contributed by atoms with E-state index in [1.807, 2.05) is 32.0 Å². The number of aryl methyl sites for hydroxylation is 2. The minimum atomic E-state index is -0.804. The predicted octanol–water partition coefficient (Wildman–Crippen LogP) is 3.89. The van der Waals surface area contributed by atoms with E-state index in [2.05, 4.69) is 5.32 Å². The van der Waals surface area contributed by atoms with E-state index in [1.54, 1.807) is 14.0 Å². The van der Waals surface area contributed by atoms with Gasteiger partial charge in [0.15, 0.2) is 5.78 Å². The van der Waals surface area contributed by atoms with E-state index in [1.165, 1.54) is 0 Å². The average molecular weight is 387 g/mol. The molecule has 152 valence electrons. The summed E-state index contributed by atoms with van der Waals surface area (Å²) in [4.78, 5) is 25.7. The van der Waals surface area contributed by atoms with E-state index in [-0.39, 0.29) is 24.2 Å². The maximum atomic E-state index is 13.7. The quantitative estimate of drug-likeness (QED) is 0.773. The first-order chi connectivity index (χ1) is 13.4. The van der Waals surface area contributed by atoms with Gasteiger partial charge in [0.25, 0.3) is 0 Å². The number of nitrogens with one attached hydrogen (secondary N) is 1. The third-order valence-corrected chi connectivity index (χ3v) is 5.61. The van der Waals surface area contributed by atoms with E-state index in [0.717, 1.165) is 29.5 Å². The molecule has 3 rings (SSSR count). The van der Waals surface area contributed by atoms with Crippen LogP contribution in [0, 0.1) is 19.8 Å². The summed E-state index contributed by atoms with van der Waals surface area (Å²) in [7, 11) is 1.68. The first kappa shape index (κ1) is 20.4. The lowest BCUT2D eigenvalue weighted by atomic mass is 9.73. The smallest absolute Gasteiger partial charge is 0.434 e. The molecule has 1 N–H and O–H groups in total. The molecule has 1 aliphatic carbocycles. The molecule has 1 aromatic carbocycles. The average Bonchev–Trinajstić information content (AvgIpc) is 2.89. The Morgan fingerprint density at radius 3 is 2.82 bits per heavy atom. The zero-order chi connectivity index (χ0) is 20.3. The maximum Gasteiger partial charge on any atom is 0.515 e. The molecule has 1 aromatic rings. The summed E-state index contributed by atoms with van der Waals surface area (Å²) in [5, 5.41) is 3.28. The number of methoxy groups -OCH3 is 1. The SMILES string of the molecule is CCOC(=O)OC1=C(c2cc(C)ccc2C)C(=O)[C@@]2(CCC[C@@H](COC)C2)N1. The van der Waals surface area contributed by atoms with Crippen LogP contribution in [0.5, 0.6) is 0 Å². The Bertz CT molecular complexity index is 798. The molecule has 0 unspecified atom stereocenters. The lowest BCUT2D eigenvalue weighted by molar-refractivity contribution is -0.120. The molecule has 6 heteroatoms. The number of carbonyl (C=O) groups is 2. The van der Waals surface area contributed by atoms with Gasteiger partial charge in [-0.3, -0.25) is 4.79 Å². The van der Waals surface area contributed by atoms with Crippen molar-refractivity contribution in [2.24, 2.45) is 5.92 Å². The fourth-order valence-corrected chi connectivity index (χ4v) is 4.32. The largest absolute Gasteiger partial charge is 0.515 e. The molecule has 1 aliphatic heterocycles. The Kier molecular flexibility index (Phi) is 6.08. The molecular weight excluding hydrogens is 358 g/mol. The fraction of sp³-hybridized carbons (Fsp3) is 0.545. The minimum Gasteiger partial charge on any atom is -0.434 e. The van der Waals surface area contributed by atoms with E-state index in [0.29, 0.717) is 25.0 Å². The van der Waals surface area contributed by atoms with Crippen LogP contribution >= 0.6 is 0 Å². The van der Waals surface area contributed by atoms with Crippen molar-refractivity contribution in [2.45, 2.75) is 52.0 Å². The number of rotatable bonds is 5. The third kappa shape index (κ3) is 3.92. The number of benzene rings is 1. The second-order valence-corrected chi connectivity index (χ2v) is 7.76. The van der Waals surface area contributed by atoms with Gasteiger partial charge in [0.2, 0.25) is 5.88 Å². The standard InChI is InChI=1S/C22H29NO5/c1-5-27-21(25)28-20-18(17-11-14(2)8-9-15(17)3)19(24)22(23-20)10-6-7-16(12-22)13-26-4/h8-9,11,16,23H,5-7,10,12-13H2,1-4H3/t16-,22+/m1/s1. The lowest BCUT2D eigenvalue weighted by Crippen LogP contribution is -2.51. The van der Waals surface area contributed by atoms with Gasteiger partial charge in [-0.25, -0.2) is 4.79 Å². The van der Waals surface area contributed by atoms with E-state index < -0.39 is 11.7 Å². The molecule has 1 spiro atoms. The lowest BCUT2D eigenvalue weighted by Gasteiger charge is -2.37. The number of hydrogen-bond acceptors (Lipinski definition) is 6. The highest BCUT2D eigenvalue weighted by Gasteiger charge is 2.51. The summed E-state index contributed by atoms with van der Waals surface area (Å²) in [5.74, 6) is 0.480. The fourth-order valence-electron chi connectivity index (χ4n) is 4.32. The van der Waals surface area contributed by atoms with Gasteiger partial charge >= 0.3 is 6.16 Å². The van der Waals surface area contributed by atoms with Crippen LogP contribution in [0.15, 0.2) is 24.1 Å². The summed E-state index contributed by atoms with van der Waals surface area (Å²) in [6, 6.07) is 5.95. The number of Topliss-reactive ketones (excluding diaryl/α,β-unsaturated/α-hetero) is 1. The first-order valence-corrected chi connectivity index (χ1v) is 9.88. The summed E-state index contributed by atoms with van der Waals surface area (Å²) < 4.78 is 15.7. The predicted molar refractivity (Wildman–Crippen MR) is 106 cm³/mol. The van der Waals surface area contributed by atoms with Crippen molar-refractivity contribution >= 4 is 17.5 Å². The zero-order valence-electron chi connectivity index (χ0n) is 17.1. The van der Waals surface area contributed by atoms with Crippen molar-refractivity contribution in [2.75, 3.05) is 20.3 Å². The molecule has 6 nitrogen and oxygen atoms in total. The van der Waals surface area contributed by atoms with Gasteiger partial charge < -0.3 is 19.5 Å². The Balaban J connectivity index is 2.01. The van der Waals surface area contributed by atoms with Crippen LogP contribution in [0.4, 0.5) is 4.79 Å². The van der Waals surface area contributed by atoms with Crippen LogP contribution in [0.25, 0.3) is 5.57 Å². The third-order valence-electron chi connectivity index (χ3n) is 5.61. The molecule has 1 fully saturated rings. The molecule has 0 saturated heterocycles. The second-order valence-electron chi connectivity index (χ2n) is 7.76. The van der Waals surface area contributed by atoms with Crippen molar-refractivity contribution in [1.29, 1.82) is 0 Å². The van der Waals surface area contributed by atoms with Crippen LogP contribution in [-0.4, -0.2) is 37.8 Å². The summed E-state index contributed by atoms with van der Waals surface area (Å²) in [6.07, 6.45) is 2.50. The van der Waals surface area contributed by atoms with Gasteiger partial charge in [-0.05, 0) is 57.1 Å². The molecule has 0 radical (unpaired) electrons. The molecule has 2 atom stereocenters. The molecule has 1 saturated carbocycles. The molecule has 0 bridgehead atoms. The Hall–Kier alpha value is -2.34. The summed E-state index contributed by atoms with van der Waals surface area (Å²) in [6.45, 7) is 6.47. The van der Waals surface area contributed by atoms with Gasteiger partial charge in [0, 0.05) is 13.7 Å². The van der Waals surface area contributed by atoms with Gasteiger partial charge in [0.05, 0.1) is 12.2 Å². The Morgan fingerprint density at radius 1 is 1.32 bits per heavy atom. The van der Waals surface area contributed by atoms with Gasteiger partial charge in [-0.15, -0.1) is 0 Å². The van der Waals surface area contributed by atoms with Crippen molar-refractivity contribution in [3.63, 3.8) is 0 Å². The number of ketones is 1. The van der Waals surface area contributed by atoms with Crippen LogP contribution in [0.1, 0.15) is 49.3 Å². The van der Waals surface area contributed by atoms with Gasteiger partial charge in [-0.2, -0.15) is 0 Å². The number of hydrogen-bond donors (Lipinski definition) is 1. The highest BCUT2D eigenvalue weighted by Crippen LogP contribution is 2.43. The highest BCUT2D eigenvalue weighted by atomic mass is 16.7. The molecule has 28 heavy (non-hydrogen) atoms. The second kappa shape index (κ2) is 8.35. The van der Waals surface area contributed by atoms with Crippen LogP contribution in [-0.2, 0) is 19.0 Å². The number of carbonyl (C=O) groups excluding carboxylic acids is 2. The first-order valence-electron chi connectivity index (χ1n) is 9.88. The van der Waals surface area contributed by atoms with E-state index in [9.17, 15) is 9.59 Å². The van der Waals surface area contributed by atoms with Crippen LogP contribution in [0.3, 0.4) is 0 Å². The van der Waals surface area contributed by atoms with Gasteiger partial charge in [0.1, 0.15) is 5.54 Å². The molecular formula is C22H29NO5. The summed E-state index contributed by atoms with van der Waals surface area (Å²) >= 11 is 0. The summed E-state index contributed by atoms with van der Waals surface area (Å²) in [5.41, 5.74) is 2.48. The zero-order valence-corrected chi connectivity index (χ0v) is 17.1.